The van der Waals surface area contributed by atoms with E-state index in [1.165, 1.54) is 91.2 Å². The van der Waals surface area contributed by atoms with E-state index in [0.717, 1.165) is 36.5 Å². The van der Waals surface area contributed by atoms with Gasteiger partial charge in [-0.05, 0) is 86.6 Å². The van der Waals surface area contributed by atoms with Crippen molar-refractivity contribution < 1.29 is 13.6 Å². The molecule has 0 aliphatic carbocycles. The van der Waals surface area contributed by atoms with Crippen LogP contribution in [0.25, 0.3) is 0 Å². The van der Waals surface area contributed by atoms with E-state index in [-0.39, 0.29) is 32.5 Å². The molecule has 3 rings (SSSR count). The molecule has 3 aromatic carbocycles. The zero-order valence-electron chi connectivity index (χ0n) is 40.9. The first-order chi connectivity index (χ1) is 26.8. The van der Waals surface area contributed by atoms with Gasteiger partial charge in [0, 0.05) is 16.7 Å². The summed E-state index contributed by atoms with van der Waals surface area (Å²) in [6.07, 6.45) is 14.0. The molecular formula is C54H87O3P. The Morgan fingerprint density at radius 1 is 0.362 bits per heavy atom. The summed E-state index contributed by atoms with van der Waals surface area (Å²) in [4.78, 5) is 0. The summed E-state index contributed by atoms with van der Waals surface area (Å²) in [5, 5.41) is 0. The molecule has 0 spiro atoms. The molecule has 3 aromatic rings. The van der Waals surface area contributed by atoms with Crippen LogP contribution in [0.1, 0.15) is 235 Å². The standard InChI is InChI=1S/C54H87O3P/c1-19-22-25-34-52(13,14)43-37-40(49(4,5)6)28-31-46(43)55-58(56-47-32-29-41(50(7,8)9)38-44(47)53(15,16)35-26-23-20-2)57-48-33-30-42(51(10,11)12)39-45(48)54(17,18)36-27-24-21-3/h28-33,37-39H,19-27,34-36H2,1-18H3. The Bertz CT molecular complexity index is 1520. The van der Waals surface area contributed by atoms with Crippen molar-refractivity contribution in [2.45, 2.75) is 234 Å². The topological polar surface area (TPSA) is 27.7 Å². The molecule has 0 radical (unpaired) electrons. The van der Waals surface area contributed by atoms with Crippen LogP contribution in [0.5, 0.6) is 17.2 Å². The normalized spacial score (nSPS) is 13.3. The van der Waals surface area contributed by atoms with Gasteiger partial charge in [-0.15, -0.1) is 0 Å². The van der Waals surface area contributed by atoms with E-state index in [1.54, 1.807) is 0 Å². The third-order valence-corrected chi connectivity index (χ3v) is 13.5. The van der Waals surface area contributed by atoms with E-state index in [1.807, 2.05) is 0 Å². The molecule has 0 aromatic heterocycles. The first-order valence-electron chi connectivity index (χ1n) is 23.1. The molecule has 0 saturated heterocycles. The zero-order valence-corrected chi connectivity index (χ0v) is 41.7. The Balaban J connectivity index is 2.33. The Hall–Kier alpha value is -2.51. The van der Waals surface area contributed by atoms with Gasteiger partial charge >= 0.3 is 8.60 Å². The van der Waals surface area contributed by atoms with Crippen LogP contribution in [0.15, 0.2) is 54.6 Å². The van der Waals surface area contributed by atoms with Crippen LogP contribution in [0.4, 0.5) is 0 Å². The highest BCUT2D eigenvalue weighted by Crippen LogP contribution is 2.51. The summed E-state index contributed by atoms with van der Waals surface area (Å²) < 4.78 is 21.8. The lowest BCUT2D eigenvalue weighted by atomic mass is 9.76. The van der Waals surface area contributed by atoms with E-state index in [9.17, 15) is 0 Å². The summed E-state index contributed by atoms with van der Waals surface area (Å²) in [5.74, 6) is 2.56. The monoisotopic (exact) mass is 815 g/mol. The molecule has 326 valence electrons. The molecule has 0 aliphatic heterocycles. The number of benzene rings is 3. The highest BCUT2D eigenvalue weighted by atomic mass is 31.2. The van der Waals surface area contributed by atoms with Crippen LogP contribution in [-0.4, -0.2) is 0 Å². The molecule has 0 N–H and O–H groups in total. The van der Waals surface area contributed by atoms with Crippen molar-refractivity contribution in [3.63, 3.8) is 0 Å². The second kappa shape index (κ2) is 20.4. The molecule has 0 atom stereocenters. The van der Waals surface area contributed by atoms with Crippen molar-refractivity contribution in [1.82, 2.24) is 0 Å². The van der Waals surface area contributed by atoms with Gasteiger partial charge in [-0.3, -0.25) is 0 Å². The minimum absolute atomic E-state index is 0.00460. The van der Waals surface area contributed by atoms with E-state index < -0.39 is 8.60 Å². The van der Waals surface area contributed by atoms with Crippen LogP contribution in [-0.2, 0) is 32.5 Å². The van der Waals surface area contributed by atoms with Crippen LogP contribution in [0.2, 0.25) is 0 Å². The molecule has 0 bridgehead atoms. The van der Waals surface area contributed by atoms with Crippen LogP contribution < -0.4 is 13.6 Å². The van der Waals surface area contributed by atoms with E-state index in [2.05, 4.69) is 179 Å². The van der Waals surface area contributed by atoms with Gasteiger partial charge in [0.15, 0.2) is 0 Å². The van der Waals surface area contributed by atoms with Gasteiger partial charge < -0.3 is 13.6 Å². The summed E-state index contributed by atoms with van der Waals surface area (Å²) in [5.41, 5.74) is 7.31. The molecule has 0 aliphatic rings. The van der Waals surface area contributed by atoms with Gasteiger partial charge in [-0.25, -0.2) is 0 Å². The predicted molar refractivity (Wildman–Crippen MR) is 256 cm³/mol. The van der Waals surface area contributed by atoms with Crippen molar-refractivity contribution in [3.8, 4) is 17.2 Å². The highest BCUT2D eigenvalue weighted by Gasteiger charge is 2.35. The van der Waals surface area contributed by atoms with Crippen molar-refractivity contribution in [3.05, 3.63) is 88.0 Å². The second-order valence-electron chi connectivity index (χ2n) is 22.4. The van der Waals surface area contributed by atoms with Gasteiger partial charge in [-0.1, -0.05) is 219 Å². The third-order valence-electron chi connectivity index (χ3n) is 12.5. The average Bonchev–Trinajstić information content (AvgIpc) is 3.10. The second-order valence-corrected chi connectivity index (χ2v) is 23.4. The fraction of sp³-hybridized carbons (Fsp3) is 0.667. The van der Waals surface area contributed by atoms with Gasteiger partial charge in [0.25, 0.3) is 0 Å². The van der Waals surface area contributed by atoms with E-state index in [4.69, 9.17) is 13.6 Å². The number of rotatable bonds is 21. The highest BCUT2D eigenvalue weighted by molar-refractivity contribution is 7.43. The fourth-order valence-electron chi connectivity index (χ4n) is 7.97. The largest absolute Gasteiger partial charge is 0.530 e. The van der Waals surface area contributed by atoms with E-state index in [0.29, 0.717) is 0 Å². The van der Waals surface area contributed by atoms with Crippen molar-refractivity contribution in [2.75, 3.05) is 0 Å². The Morgan fingerprint density at radius 3 is 0.810 bits per heavy atom. The van der Waals surface area contributed by atoms with E-state index >= 15 is 0 Å². The number of unbranched alkanes of at least 4 members (excludes halogenated alkanes) is 6. The molecule has 0 amide bonds. The molecule has 0 saturated carbocycles. The van der Waals surface area contributed by atoms with Crippen molar-refractivity contribution in [2.24, 2.45) is 0 Å². The molecular weight excluding hydrogens is 728 g/mol. The summed E-state index contributed by atoms with van der Waals surface area (Å²) in [6.45, 7) is 41.8. The van der Waals surface area contributed by atoms with Crippen molar-refractivity contribution >= 4 is 8.60 Å². The van der Waals surface area contributed by atoms with Crippen LogP contribution >= 0.6 is 8.60 Å². The SMILES string of the molecule is CCCCCC(C)(C)c1cc(C(C)(C)C)ccc1OP(Oc1ccc(C(C)(C)C)cc1C(C)(C)CCCCC)Oc1ccc(C(C)(C)C)cc1C(C)(C)CCCCC. The summed E-state index contributed by atoms with van der Waals surface area (Å²) in [7, 11) is -1.94. The molecule has 0 unspecified atom stereocenters. The molecule has 58 heavy (non-hydrogen) atoms. The third kappa shape index (κ3) is 14.0. The maximum atomic E-state index is 7.26. The van der Waals surface area contributed by atoms with Crippen LogP contribution in [0.3, 0.4) is 0 Å². The lowest BCUT2D eigenvalue weighted by Gasteiger charge is -2.33. The maximum absolute atomic E-state index is 7.26. The smallest absolute Gasteiger partial charge is 0.408 e. The average molecular weight is 815 g/mol. The van der Waals surface area contributed by atoms with Crippen molar-refractivity contribution in [1.29, 1.82) is 0 Å². The van der Waals surface area contributed by atoms with Gasteiger partial charge in [-0.2, -0.15) is 0 Å². The summed E-state index contributed by atoms with van der Waals surface area (Å²) in [6, 6.07) is 20.5. The zero-order chi connectivity index (χ0) is 43.7. The maximum Gasteiger partial charge on any atom is 0.530 e. The van der Waals surface area contributed by atoms with Gasteiger partial charge in [0.05, 0.1) is 0 Å². The summed E-state index contributed by atoms with van der Waals surface area (Å²) >= 11 is 0. The van der Waals surface area contributed by atoms with Gasteiger partial charge in [0.1, 0.15) is 17.2 Å². The number of hydrogen-bond donors (Lipinski definition) is 0. The Morgan fingerprint density at radius 2 is 0.603 bits per heavy atom. The Labute approximate surface area is 360 Å². The molecule has 0 heterocycles. The lowest BCUT2D eigenvalue weighted by molar-refractivity contribution is 0.359. The quantitative estimate of drug-likeness (QED) is 0.0792. The first-order valence-corrected chi connectivity index (χ1v) is 24.2. The minimum atomic E-state index is -1.94. The van der Waals surface area contributed by atoms with Crippen LogP contribution in [0, 0.1) is 0 Å². The molecule has 3 nitrogen and oxygen atoms in total. The minimum Gasteiger partial charge on any atom is -0.408 e. The first kappa shape index (κ1) is 49.8. The molecule has 4 heteroatoms. The number of hydrogen-bond acceptors (Lipinski definition) is 3. The van der Waals surface area contributed by atoms with Gasteiger partial charge in [0.2, 0.25) is 0 Å². The lowest BCUT2D eigenvalue weighted by Crippen LogP contribution is -2.23. The fourth-order valence-corrected chi connectivity index (χ4v) is 9.04. The predicted octanol–water partition coefficient (Wildman–Crippen LogP) is 17.9. The molecule has 0 fully saturated rings. The Kier molecular flexibility index (Phi) is 17.5.